The van der Waals surface area contributed by atoms with Crippen LogP contribution >= 0.6 is 0 Å². The molecule has 2 N–H and O–H groups in total. The maximum Gasteiger partial charge on any atom is 0.264 e. The Labute approximate surface area is 92.8 Å². The Balaban J connectivity index is 2.65. The van der Waals surface area contributed by atoms with Crippen LogP contribution < -0.4 is 5.32 Å². The Morgan fingerprint density at radius 3 is 2.56 bits per heavy atom. The average molecular weight is 214 g/mol. The molecule has 1 aromatic carbocycles. The summed E-state index contributed by atoms with van der Waals surface area (Å²) in [4.78, 5) is 11.5. The highest BCUT2D eigenvalue weighted by Gasteiger charge is 2.40. The zero-order valence-corrected chi connectivity index (χ0v) is 8.69. The molecule has 1 atom stereocenters. The summed E-state index contributed by atoms with van der Waals surface area (Å²) in [6.45, 7) is 1.46. The third-order valence-electron chi connectivity index (χ3n) is 2.50. The zero-order chi connectivity index (χ0) is 11.8. The maximum atomic E-state index is 11.5. The Bertz CT molecular complexity index is 510. The minimum Gasteiger partial charge on any atom is -0.367 e. The second kappa shape index (κ2) is 3.47. The standard InChI is InChI=1S/C12H10N2O2/c1-12(16)10(8-5-3-2-4-6-8)9(7-13)11(15)14-12/h2-6,16H,1H3,(H,14,15). The van der Waals surface area contributed by atoms with Gasteiger partial charge in [-0.15, -0.1) is 0 Å². The van der Waals surface area contributed by atoms with Crippen molar-refractivity contribution in [2.75, 3.05) is 0 Å². The molecule has 0 saturated heterocycles. The van der Waals surface area contributed by atoms with Gasteiger partial charge in [0.05, 0.1) is 0 Å². The van der Waals surface area contributed by atoms with Gasteiger partial charge >= 0.3 is 0 Å². The molecule has 4 nitrogen and oxygen atoms in total. The first-order valence-corrected chi connectivity index (χ1v) is 4.81. The van der Waals surface area contributed by atoms with E-state index in [2.05, 4.69) is 5.32 Å². The van der Waals surface area contributed by atoms with Crippen LogP contribution in [0.5, 0.6) is 0 Å². The van der Waals surface area contributed by atoms with Crippen molar-refractivity contribution in [3.8, 4) is 6.07 Å². The first kappa shape index (κ1) is 10.4. The van der Waals surface area contributed by atoms with Crippen molar-refractivity contribution in [2.45, 2.75) is 12.6 Å². The van der Waals surface area contributed by atoms with Gasteiger partial charge in [-0.2, -0.15) is 5.26 Å². The molecular formula is C12H10N2O2. The first-order valence-electron chi connectivity index (χ1n) is 4.81. The van der Waals surface area contributed by atoms with Gasteiger partial charge in [-0.3, -0.25) is 4.79 Å². The van der Waals surface area contributed by atoms with E-state index >= 15 is 0 Å². The van der Waals surface area contributed by atoms with Crippen molar-refractivity contribution in [1.29, 1.82) is 5.26 Å². The molecule has 1 aromatic rings. The van der Waals surface area contributed by atoms with Crippen LogP contribution in [0.4, 0.5) is 0 Å². The number of nitrogens with one attached hydrogen (secondary N) is 1. The van der Waals surface area contributed by atoms with Gasteiger partial charge in [0.1, 0.15) is 11.6 Å². The summed E-state index contributed by atoms with van der Waals surface area (Å²) in [5.41, 5.74) is -0.511. The van der Waals surface area contributed by atoms with E-state index in [1.165, 1.54) is 6.92 Å². The van der Waals surface area contributed by atoms with Crippen molar-refractivity contribution in [2.24, 2.45) is 0 Å². The van der Waals surface area contributed by atoms with Gasteiger partial charge in [-0.05, 0) is 12.5 Å². The number of nitrogens with zero attached hydrogens (tertiary/aromatic N) is 1. The fourth-order valence-electron chi connectivity index (χ4n) is 1.84. The smallest absolute Gasteiger partial charge is 0.264 e. The Morgan fingerprint density at radius 1 is 1.38 bits per heavy atom. The van der Waals surface area contributed by atoms with Crippen molar-refractivity contribution < 1.29 is 9.90 Å². The lowest BCUT2D eigenvalue weighted by Gasteiger charge is -2.21. The molecule has 0 saturated carbocycles. The van der Waals surface area contributed by atoms with Crippen molar-refractivity contribution in [1.82, 2.24) is 5.32 Å². The number of hydrogen-bond acceptors (Lipinski definition) is 3. The predicted molar refractivity (Wildman–Crippen MR) is 57.7 cm³/mol. The van der Waals surface area contributed by atoms with Crippen LogP contribution in [0.15, 0.2) is 35.9 Å². The van der Waals surface area contributed by atoms with Crippen LogP contribution in [-0.2, 0) is 4.79 Å². The normalized spacial score (nSPS) is 24.2. The second-order valence-electron chi connectivity index (χ2n) is 3.75. The Hall–Kier alpha value is -2.12. The molecule has 1 aliphatic heterocycles. The van der Waals surface area contributed by atoms with Crippen LogP contribution in [0.1, 0.15) is 12.5 Å². The highest BCUT2D eigenvalue weighted by molar-refractivity contribution is 6.11. The van der Waals surface area contributed by atoms with Gasteiger partial charge in [-0.1, -0.05) is 30.3 Å². The van der Waals surface area contributed by atoms with E-state index in [1.54, 1.807) is 24.3 Å². The molecule has 0 radical (unpaired) electrons. The molecule has 16 heavy (non-hydrogen) atoms. The summed E-state index contributed by atoms with van der Waals surface area (Å²) in [5, 5.41) is 21.3. The number of carbonyl (C=O) groups is 1. The monoisotopic (exact) mass is 214 g/mol. The number of carbonyl (C=O) groups excluding carboxylic acids is 1. The summed E-state index contributed by atoms with van der Waals surface area (Å²) >= 11 is 0. The van der Waals surface area contributed by atoms with Crippen LogP contribution in [0, 0.1) is 11.3 Å². The van der Waals surface area contributed by atoms with Crippen LogP contribution in [0.2, 0.25) is 0 Å². The molecular weight excluding hydrogens is 204 g/mol. The van der Waals surface area contributed by atoms with Gasteiger partial charge in [0.25, 0.3) is 5.91 Å². The van der Waals surface area contributed by atoms with E-state index in [0.717, 1.165) is 0 Å². The quantitative estimate of drug-likeness (QED) is 0.726. The van der Waals surface area contributed by atoms with E-state index < -0.39 is 11.6 Å². The van der Waals surface area contributed by atoms with Crippen molar-refractivity contribution in [3.05, 3.63) is 41.5 Å². The lowest BCUT2D eigenvalue weighted by molar-refractivity contribution is -0.119. The zero-order valence-electron chi connectivity index (χ0n) is 8.69. The van der Waals surface area contributed by atoms with Crippen LogP contribution in [0.3, 0.4) is 0 Å². The maximum absolute atomic E-state index is 11.5. The van der Waals surface area contributed by atoms with Gasteiger partial charge in [0.15, 0.2) is 5.72 Å². The average Bonchev–Trinajstić information content (AvgIpc) is 2.48. The minimum atomic E-state index is -1.48. The van der Waals surface area contributed by atoms with E-state index in [-0.39, 0.29) is 5.57 Å². The van der Waals surface area contributed by atoms with Gasteiger partial charge < -0.3 is 10.4 Å². The van der Waals surface area contributed by atoms with Gasteiger partial charge in [-0.25, -0.2) is 0 Å². The fourth-order valence-corrected chi connectivity index (χ4v) is 1.84. The van der Waals surface area contributed by atoms with Crippen LogP contribution in [0.25, 0.3) is 5.57 Å². The third kappa shape index (κ3) is 1.47. The van der Waals surface area contributed by atoms with Gasteiger partial charge in [0.2, 0.25) is 0 Å². The summed E-state index contributed by atoms with van der Waals surface area (Å²) in [6.07, 6.45) is 0. The van der Waals surface area contributed by atoms with Gasteiger partial charge in [0, 0.05) is 5.57 Å². The Morgan fingerprint density at radius 2 is 2.00 bits per heavy atom. The van der Waals surface area contributed by atoms with E-state index in [9.17, 15) is 9.90 Å². The fraction of sp³-hybridized carbons (Fsp3) is 0.167. The lowest BCUT2D eigenvalue weighted by atomic mass is 9.95. The van der Waals surface area contributed by atoms with Crippen molar-refractivity contribution in [3.63, 3.8) is 0 Å². The molecule has 4 heteroatoms. The van der Waals surface area contributed by atoms with E-state index in [4.69, 9.17) is 5.26 Å². The molecule has 2 rings (SSSR count). The molecule has 1 aliphatic rings. The molecule has 1 amide bonds. The molecule has 1 heterocycles. The Kier molecular flexibility index (Phi) is 2.26. The van der Waals surface area contributed by atoms with Crippen LogP contribution in [-0.4, -0.2) is 16.7 Å². The molecule has 0 spiro atoms. The number of hydrogen-bond donors (Lipinski definition) is 2. The van der Waals surface area contributed by atoms with E-state index in [0.29, 0.717) is 11.1 Å². The molecule has 0 aromatic heterocycles. The summed E-state index contributed by atoms with van der Waals surface area (Å²) in [6, 6.07) is 10.7. The number of amides is 1. The summed E-state index contributed by atoms with van der Waals surface area (Å²) in [7, 11) is 0. The highest BCUT2D eigenvalue weighted by Crippen LogP contribution is 2.33. The number of benzene rings is 1. The molecule has 0 bridgehead atoms. The number of aliphatic hydroxyl groups is 1. The molecule has 0 aliphatic carbocycles. The third-order valence-corrected chi connectivity index (χ3v) is 2.50. The predicted octanol–water partition coefficient (Wildman–Crippen LogP) is 0.802. The number of nitriles is 1. The highest BCUT2D eigenvalue weighted by atomic mass is 16.3. The topological polar surface area (TPSA) is 73.1 Å². The molecule has 0 fully saturated rings. The SMILES string of the molecule is CC1(O)NC(=O)C(C#N)=C1c1ccccc1. The molecule has 1 unspecified atom stereocenters. The largest absolute Gasteiger partial charge is 0.367 e. The molecule has 80 valence electrons. The first-order chi connectivity index (χ1) is 7.56. The van der Waals surface area contributed by atoms with Crippen molar-refractivity contribution >= 4 is 11.5 Å². The lowest BCUT2D eigenvalue weighted by Crippen LogP contribution is -2.40. The van der Waals surface area contributed by atoms with E-state index in [1.807, 2.05) is 12.1 Å². The summed E-state index contributed by atoms with van der Waals surface area (Å²) < 4.78 is 0. The summed E-state index contributed by atoms with van der Waals surface area (Å²) in [5.74, 6) is -0.536. The second-order valence-corrected chi connectivity index (χ2v) is 3.75. The minimum absolute atomic E-state index is 0.0313. The number of rotatable bonds is 1.